The number of hydrogen-bond acceptors (Lipinski definition) is 6. The van der Waals surface area contributed by atoms with E-state index in [2.05, 4.69) is 34.7 Å². The van der Waals surface area contributed by atoms with Gasteiger partial charge in [-0.05, 0) is 43.5 Å². The van der Waals surface area contributed by atoms with Gasteiger partial charge in [-0.2, -0.15) is 0 Å². The maximum atomic E-state index is 14.8. The van der Waals surface area contributed by atoms with Gasteiger partial charge in [-0.15, -0.1) is 12.8 Å². The second-order valence-corrected chi connectivity index (χ2v) is 8.65. The molecule has 1 aliphatic rings. The van der Waals surface area contributed by atoms with Crippen LogP contribution < -0.4 is 5.73 Å². The molecule has 1 atom stereocenters. The Kier molecular flexibility index (Phi) is 10.8. The molecular formula is C29H31F2N5O2. The van der Waals surface area contributed by atoms with E-state index in [1.165, 1.54) is 50.1 Å². The molecule has 9 heteroatoms. The average molecular weight is 520 g/mol. The van der Waals surface area contributed by atoms with E-state index in [1.54, 1.807) is 19.9 Å². The minimum absolute atomic E-state index is 0.0332. The largest absolute Gasteiger partial charge is 0.383 e. The maximum Gasteiger partial charge on any atom is 0.219 e. The number of aromatic nitrogens is 2. The van der Waals surface area contributed by atoms with Crippen LogP contribution in [0.3, 0.4) is 0 Å². The van der Waals surface area contributed by atoms with Crippen molar-refractivity contribution in [3.8, 4) is 12.8 Å². The van der Waals surface area contributed by atoms with Crippen LogP contribution >= 0.6 is 0 Å². The van der Waals surface area contributed by atoms with Gasteiger partial charge in [0.2, 0.25) is 5.91 Å². The van der Waals surface area contributed by atoms with E-state index in [0.717, 1.165) is 19.2 Å². The molecule has 1 saturated heterocycles. The van der Waals surface area contributed by atoms with Gasteiger partial charge in [0.15, 0.2) is 5.78 Å². The first-order valence-corrected chi connectivity index (χ1v) is 11.9. The smallest absolute Gasteiger partial charge is 0.219 e. The van der Waals surface area contributed by atoms with E-state index < -0.39 is 17.4 Å². The van der Waals surface area contributed by atoms with Crippen LogP contribution in [0, 0.1) is 37.3 Å². The van der Waals surface area contributed by atoms with E-state index in [9.17, 15) is 18.4 Å². The predicted octanol–water partition coefficient (Wildman–Crippen LogP) is 4.47. The topological polar surface area (TPSA) is 102 Å². The molecule has 0 saturated carbocycles. The molecule has 4 rings (SSSR count). The van der Waals surface area contributed by atoms with Gasteiger partial charge in [-0.1, -0.05) is 25.1 Å². The Labute approximate surface area is 221 Å². The standard InChI is InChI=1S/C20H16F2N4O.C7H13NO.C2H2/c1-11-17(20(23)26-10-25-11)18(24-2)13-8-7-12(9-16(13)22)19(27)14-5-3-4-6-15(14)21;1-6-3-4-8(5-6)7(2)9;1-2/h3-10H,1-2H3,(H2,23,25,26);6H,3-5H2,1-2H3;1-2H. The summed E-state index contributed by atoms with van der Waals surface area (Å²) in [6.07, 6.45) is 10.5. The fourth-order valence-electron chi connectivity index (χ4n) is 4.02. The molecule has 0 bridgehead atoms. The number of rotatable bonds is 4. The number of halogens is 2. The number of aliphatic imine (C=N–C) groups is 1. The van der Waals surface area contributed by atoms with Crippen molar-refractivity contribution >= 4 is 23.2 Å². The summed E-state index contributed by atoms with van der Waals surface area (Å²) in [7, 11) is 1.50. The predicted molar refractivity (Wildman–Crippen MR) is 145 cm³/mol. The van der Waals surface area contributed by atoms with E-state index >= 15 is 0 Å². The number of terminal acetylenes is 1. The number of benzene rings is 2. The van der Waals surface area contributed by atoms with Crippen molar-refractivity contribution in [3.63, 3.8) is 0 Å². The van der Waals surface area contributed by atoms with Gasteiger partial charge in [0.1, 0.15) is 23.8 Å². The van der Waals surface area contributed by atoms with Crippen LogP contribution in [0.2, 0.25) is 0 Å². The summed E-state index contributed by atoms with van der Waals surface area (Å²) in [5.41, 5.74) is 7.21. The zero-order valence-corrected chi connectivity index (χ0v) is 21.9. The Morgan fingerprint density at radius 3 is 2.26 bits per heavy atom. The molecule has 1 amide bonds. The third-order valence-corrected chi connectivity index (χ3v) is 6.00. The lowest BCUT2D eigenvalue weighted by molar-refractivity contribution is -0.127. The Morgan fingerprint density at radius 1 is 1.08 bits per heavy atom. The van der Waals surface area contributed by atoms with Crippen molar-refractivity contribution < 1.29 is 18.4 Å². The van der Waals surface area contributed by atoms with Gasteiger partial charge in [0, 0.05) is 38.2 Å². The van der Waals surface area contributed by atoms with Gasteiger partial charge in [0.05, 0.1) is 22.5 Å². The number of nitrogens with two attached hydrogens (primary N) is 1. The van der Waals surface area contributed by atoms with E-state index in [-0.39, 0.29) is 34.1 Å². The quantitative estimate of drug-likeness (QED) is 0.311. The van der Waals surface area contributed by atoms with Gasteiger partial charge in [-0.3, -0.25) is 14.6 Å². The average Bonchev–Trinajstić information content (AvgIpc) is 3.35. The van der Waals surface area contributed by atoms with Gasteiger partial charge in [-0.25, -0.2) is 18.7 Å². The highest BCUT2D eigenvalue weighted by Crippen LogP contribution is 2.22. The number of nitrogen functional groups attached to an aromatic ring is 1. The van der Waals surface area contributed by atoms with Crippen LogP contribution in [0.15, 0.2) is 53.8 Å². The first-order chi connectivity index (χ1) is 18.1. The number of hydrogen-bond donors (Lipinski definition) is 1. The number of amides is 1. The van der Waals surface area contributed by atoms with Crippen LogP contribution in [0.25, 0.3) is 0 Å². The minimum atomic E-state index is -0.680. The van der Waals surface area contributed by atoms with Crippen molar-refractivity contribution in [1.82, 2.24) is 14.9 Å². The van der Waals surface area contributed by atoms with Crippen LogP contribution in [0.1, 0.15) is 53.0 Å². The molecule has 1 aliphatic heterocycles. The second kappa shape index (κ2) is 13.7. The zero-order chi connectivity index (χ0) is 28.4. The summed E-state index contributed by atoms with van der Waals surface area (Å²) in [4.78, 5) is 37.2. The first-order valence-electron chi connectivity index (χ1n) is 11.9. The van der Waals surface area contributed by atoms with Gasteiger partial charge in [0.25, 0.3) is 0 Å². The Morgan fingerprint density at radius 2 is 1.76 bits per heavy atom. The molecule has 2 aromatic carbocycles. The van der Waals surface area contributed by atoms with Gasteiger partial charge < -0.3 is 10.6 Å². The summed E-state index contributed by atoms with van der Waals surface area (Å²) in [5, 5.41) is 0. The number of anilines is 1. The highest BCUT2D eigenvalue weighted by Gasteiger charge is 2.21. The minimum Gasteiger partial charge on any atom is -0.383 e. The molecule has 2 heterocycles. The summed E-state index contributed by atoms with van der Waals surface area (Å²) < 4.78 is 28.6. The summed E-state index contributed by atoms with van der Waals surface area (Å²) in [6.45, 7) is 7.47. The maximum absolute atomic E-state index is 14.8. The van der Waals surface area contributed by atoms with Crippen LogP contribution in [-0.2, 0) is 4.79 Å². The third kappa shape index (κ3) is 7.07. The zero-order valence-electron chi connectivity index (χ0n) is 21.9. The SMILES string of the molecule is C#C.CC(=O)N1CCC(C)C1.CN=C(c1ccc(C(=O)c2ccccc2F)cc1F)c1c(C)ncnc1N. The van der Waals surface area contributed by atoms with Crippen LogP contribution in [0.5, 0.6) is 0 Å². The van der Waals surface area contributed by atoms with E-state index in [1.807, 2.05) is 4.90 Å². The molecule has 1 aromatic heterocycles. The van der Waals surface area contributed by atoms with Crippen molar-refractivity contribution in [1.29, 1.82) is 0 Å². The Bertz CT molecular complexity index is 1330. The monoisotopic (exact) mass is 519 g/mol. The number of ketones is 1. The third-order valence-electron chi connectivity index (χ3n) is 6.00. The molecule has 7 nitrogen and oxygen atoms in total. The number of aryl methyl sites for hydroxylation is 1. The number of carbonyl (C=O) groups excluding carboxylic acids is 2. The second-order valence-electron chi connectivity index (χ2n) is 8.65. The normalized spacial score (nSPS) is 14.6. The fraction of sp³-hybridized carbons (Fsp3) is 0.276. The number of nitrogens with zero attached hydrogens (tertiary/aromatic N) is 4. The Balaban J connectivity index is 0.000000387. The van der Waals surface area contributed by atoms with Crippen molar-refractivity contribution in [2.75, 3.05) is 25.9 Å². The highest BCUT2D eigenvalue weighted by atomic mass is 19.1. The molecule has 1 unspecified atom stereocenters. The van der Waals surface area contributed by atoms with E-state index in [0.29, 0.717) is 17.2 Å². The molecule has 0 aliphatic carbocycles. The van der Waals surface area contributed by atoms with E-state index in [4.69, 9.17) is 5.73 Å². The molecule has 3 aromatic rings. The highest BCUT2D eigenvalue weighted by molar-refractivity contribution is 6.16. The van der Waals surface area contributed by atoms with Crippen LogP contribution in [0.4, 0.5) is 14.6 Å². The van der Waals surface area contributed by atoms with Crippen molar-refractivity contribution in [2.45, 2.75) is 27.2 Å². The molecule has 1 fully saturated rings. The lowest BCUT2D eigenvalue weighted by Crippen LogP contribution is -2.25. The lowest BCUT2D eigenvalue weighted by Gasteiger charge is -2.12. The summed E-state index contributed by atoms with van der Waals surface area (Å²) >= 11 is 0. The Hall–Kier alpha value is -4.45. The number of likely N-dealkylation sites (tertiary alicyclic amines) is 1. The molecule has 2 N–H and O–H groups in total. The molecule has 198 valence electrons. The first kappa shape index (κ1) is 29.8. The number of carbonyl (C=O) groups is 2. The molecular weight excluding hydrogens is 488 g/mol. The van der Waals surface area contributed by atoms with Crippen LogP contribution in [-0.4, -0.2) is 52.4 Å². The van der Waals surface area contributed by atoms with Crippen molar-refractivity contribution in [2.24, 2.45) is 10.9 Å². The molecule has 0 spiro atoms. The summed E-state index contributed by atoms with van der Waals surface area (Å²) in [5.74, 6) is -0.831. The molecule has 0 radical (unpaired) electrons. The molecule has 38 heavy (non-hydrogen) atoms. The fourth-order valence-corrected chi connectivity index (χ4v) is 4.02. The van der Waals surface area contributed by atoms with Gasteiger partial charge >= 0.3 is 0 Å². The lowest BCUT2D eigenvalue weighted by atomic mass is 9.96. The summed E-state index contributed by atoms with van der Waals surface area (Å²) in [6, 6.07) is 9.46. The van der Waals surface area contributed by atoms with Crippen molar-refractivity contribution in [3.05, 3.63) is 88.4 Å².